The maximum absolute atomic E-state index is 10.5. The number of piperidine rings is 1. The Morgan fingerprint density at radius 3 is 0.767 bits per heavy atom. The van der Waals surface area contributed by atoms with Gasteiger partial charge in [0.25, 0.3) is 20.2 Å². The van der Waals surface area contributed by atoms with Crippen molar-refractivity contribution in [1.29, 1.82) is 0 Å². The summed E-state index contributed by atoms with van der Waals surface area (Å²) in [5.74, 6) is 11.2. The van der Waals surface area contributed by atoms with Gasteiger partial charge in [0.15, 0.2) is 0 Å². The minimum atomic E-state index is -4.02. The summed E-state index contributed by atoms with van der Waals surface area (Å²) in [7, 11) is -7.69. The number of hydrogen-bond acceptors (Lipinski definition) is 26. The maximum Gasteiger partial charge on any atom is 0.328 e. The zero-order chi connectivity index (χ0) is 103. The first-order valence-electron chi connectivity index (χ1n) is 57.0. The molecule has 0 amide bonds. The lowest BCUT2D eigenvalue weighted by atomic mass is 9.53. The van der Waals surface area contributed by atoms with Crippen LogP contribution in [0.2, 0.25) is 0 Å². The van der Waals surface area contributed by atoms with Crippen molar-refractivity contribution in [3.05, 3.63) is 161 Å². The molecule has 5 aromatic rings. The summed E-state index contributed by atoms with van der Waals surface area (Å²) in [6, 6.07) is 40.7. The second kappa shape index (κ2) is 48.1. The summed E-state index contributed by atoms with van der Waals surface area (Å²) in [5, 5.41) is 15.6. The van der Waals surface area contributed by atoms with E-state index in [1.165, 1.54) is 202 Å². The van der Waals surface area contributed by atoms with E-state index < -0.39 is 78.5 Å². The standard InChI is InChI=1S/C30H43NO4.3C25H35NO4.C7H8O3S.C4H4O4.CH4O3S.ClH/c1-2-13-31(14-3-1)15-4-16-32-28-7-5-24(6-8-28)25-9-11-29(12-10-25)33-30(35-34-29)26-18-22-17-23(20-26)21-27(30)19-22;3*26-10-1-11-27-23-4-2-19(3-5-23)20-6-8-24(9-7-20)28-25(30-29-24)21-13-17-12-18(15-21)16-22(25)14-17;1-6-2-4-7(5-3-6)11(8,9)10;5-3(6)1-2-4(7)8;1-5(2,3)4;/h5-8,22-23,25-27H,1-4,9-21H2;3*2-5,17-18,20-22H,1,6-16,26H2;2-5H,1H3,(H,8,9,10);1-2H,(H,5,6)(H,7,8);1H3,(H,2,3,4);1H/b;;;;;2-1-;;. The minimum Gasteiger partial charge on any atom is -0.494 e. The number of likely N-dealkylation sites (tertiary alicyclic amines) is 1. The predicted octanol–water partition coefficient (Wildman–Crippen LogP) is 22.0. The van der Waals surface area contributed by atoms with Crippen LogP contribution in [0.3, 0.4) is 0 Å². The molecule has 33 heteroatoms. The lowest BCUT2D eigenvalue weighted by Crippen LogP contribution is -2.59. The Kier molecular flexibility index (Phi) is 35.8. The summed E-state index contributed by atoms with van der Waals surface area (Å²) in [5.41, 5.74) is 23.1. The summed E-state index contributed by atoms with van der Waals surface area (Å²) in [4.78, 5) is 70.7. The molecule has 20 saturated carbocycles. The Morgan fingerprint density at radius 1 is 0.340 bits per heavy atom. The number of rotatable bonds is 24. The van der Waals surface area contributed by atoms with Gasteiger partial charge < -0.3 is 70.2 Å². The van der Waals surface area contributed by atoms with E-state index in [9.17, 15) is 26.4 Å². The smallest absolute Gasteiger partial charge is 0.328 e. The van der Waals surface area contributed by atoms with Crippen LogP contribution in [0.25, 0.3) is 0 Å². The number of carboxylic acids is 2. The van der Waals surface area contributed by atoms with Crippen LogP contribution in [0.15, 0.2) is 138 Å². The third-order valence-electron chi connectivity index (χ3n) is 38.1. The van der Waals surface area contributed by atoms with Crippen LogP contribution in [0.1, 0.15) is 328 Å². The number of carbonyl (C=O) groups is 2. The monoisotopic (exact) mass is 2140 g/mol. The van der Waals surface area contributed by atoms with E-state index in [4.69, 9.17) is 114 Å². The highest BCUT2D eigenvalue weighted by Gasteiger charge is 2.72. The minimum absolute atomic E-state index is 0. The Balaban J connectivity index is 0.000000117. The van der Waals surface area contributed by atoms with Gasteiger partial charge in [-0.25, -0.2) is 9.59 Å². The molecule has 25 aliphatic rings. The van der Waals surface area contributed by atoms with E-state index in [0.717, 1.165) is 211 Å². The SMILES string of the molecule is CS(=O)(=O)O.Cc1ccc(S(=O)(=O)O)cc1.Cl.NCCCOc1ccc(C2CCC3(CC2)OOC2(O3)C3CC4CC(C3)CC2C4)cc1.NCCCOc1ccc(C2CCC3(CC2)OOC2(O3)C3CC4CC(C3)CC2C4)cc1.NCCCOc1ccc(C2CCC3(CC2)OOC2(O3)C3CC4CC(C3)CC2C4)cc1.O=C(O)/C=C\C(=O)O.c1cc(C2CCC3(CC2)OOC2(O3)C3CC4CC(C3)CC2C4)ccc1OCCCN1CCCCC1. The first-order valence-corrected chi connectivity index (χ1v) is 60.3. The molecule has 30 rings (SSSR count). The van der Waals surface area contributed by atoms with Crippen LogP contribution in [0.5, 0.6) is 23.0 Å². The molecule has 5 saturated heterocycles. The number of ether oxygens (including phenoxy) is 8. The molecule has 10 N–H and O–H groups in total. The average Bonchev–Trinajstić information content (AvgIpc) is 1.53. The van der Waals surface area contributed by atoms with Crippen molar-refractivity contribution >= 4 is 44.6 Å². The van der Waals surface area contributed by atoms with Crippen molar-refractivity contribution < 1.29 is 123 Å². The van der Waals surface area contributed by atoms with Gasteiger partial charge in [0.05, 0.1) is 37.6 Å². The summed E-state index contributed by atoms with van der Waals surface area (Å²) in [6.07, 6.45) is 51.9. The highest BCUT2D eigenvalue weighted by atomic mass is 35.5. The molecule has 25 fully saturated rings. The van der Waals surface area contributed by atoms with Crippen molar-refractivity contribution in [1.82, 2.24) is 4.90 Å². The molecule has 0 aromatic heterocycles. The van der Waals surface area contributed by atoms with Gasteiger partial charge in [0.1, 0.15) is 23.0 Å². The van der Waals surface area contributed by atoms with E-state index in [1.807, 2.05) is 6.92 Å². The third kappa shape index (κ3) is 25.9. The van der Waals surface area contributed by atoms with E-state index in [2.05, 4.69) is 102 Å². The molecule has 16 bridgehead atoms. The molecule has 20 aliphatic carbocycles. The first kappa shape index (κ1) is 112. The Labute approximate surface area is 892 Å². The first-order chi connectivity index (χ1) is 71.9. The second-order valence-corrected chi connectivity index (χ2v) is 51.2. The third-order valence-corrected chi connectivity index (χ3v) is 38.9. The van der Waals surface area contributed by atoms with E-state index in [0.29, 0.717) is 129 Å². The largest absolute Gasteiger partial charge is 0.494 e. The van der Waals surface area contributed by atoms with Crippen molar-refractivity contribution in [2.45, 2.75) is 358 Å². The Bertz CT molecular complexity index is 5050. The molecule has 30 nitrogen and oxygen atoms in total. The van der Waals surface area contributed by atoms with Crippen LogP contribution in [0.4, 0.5) is 0 Å². The highest BCUT2D eigenvalue weighted by Crippen LogP contribution is 2.70. The predicted molar refractivity (Wildman–Crippen MR) is 562 cm³/mol. The van der Waals surface area contributed by atoms with Crippen molar-refractivity contribution in [2.24, 2.45) is 112 Å². The molecule has 828 valence electrons. The molecule has 150 heavy (non-hydrogen) atoms. The zero-order valence-electron chi connectivity index (χ0n) is 87.9. The number of hydrogen-bond donors (Lipinski definition) is 7. The normalized spacial score (nSPS) is 38.3. The summed E-state index contributed by atoms with van der Waals surface area (Å²) in [6.45, 7) is 10.4. The van der Waals surface area contributed by atoms with Gasteiger partial charge in [-0.1, -0.05) is 72.6 Å². The summed E-state index contributed by atoms with van der Waals surface area (Å²) >= 11 is 0. The summed E-state index contributed by atoms with van der Waals surface area (Å²) < 4.78 is 106. The van der Waals surface area contributed by atoms with E-state index in [1.54, 1.807) is 12.1 Å². The zero-order valence-corrected chi connectivity index (χ0v) is 90.3. The number of halogens is 1. The maximum atomic E-state index is 10.5. The molecule has 0 unspecified atom stereocenters. The molecule has 5 aromatic carbocycles. The fourth-order valence-corrected chi connectivity index (χ4v) is 31.9. The lowest BCUT2D eigenvalue weighted by molar-refractivity contribution is -0.390. The fraction of sp³-hybridized carbons (Fsp3) is 0.709. The van der Waals surface area contributed by atoms with Gasteiger partial charge in [-0.15, -0.1) is 12.4 Å². The van der Waals surface area contributed by atoms with Gasteiger partial charge in [0, 0.05) is 117 Å². The van der Waals surface area contributed by atoms with Crippen LogP contribution < -0.4 is 36.1 Å². The lowest BCUT2D eigenvalue weighted by Gasteiger charge is -2.57. The molecule has 0 atom stereocenters. The van der Waals surface area contributed by atoms with Crippen LogP contribution >= 0.6 is 12.4 Å². The molecule has 5 heterocycles. The number of aryl methyl sites for hydroxylation is 1. The topological polar surface area (TPSA) is 412 Å². The van der Waals surface area contributed by atoms with Gasteiger partial charge >= 0.3 is 11.9 Å². The number of carboxylic acid groups (broad SMARTS) is 2. The number of benzene rings is 5. The van der Waals surface area contributed by atoms with Gasteiger partial charge in [-0.3, -0.25) is 9.11 Å². The quantitative estimate of drug-likeness (QED) is 0.0131. The number of nitrogens with zero attached hydrogens (tertiary/aromatic N) is 1. The molecule has 5 aliphatic heterocycles. The van der Waals surface area contributed by atoms with Crippen molar-refractivity contribution in [2.75, 3.05) is 72.0 Å². The average molecular weight is 2140 g/mol. The fourth-order valence-electron chi connectivity index (χ4n) is 31.4. The molecular weight excluding hydrogens is 1980 g/mol. The second-order valence-electron chi connectivity index (χ2n) is 48.3. The number of aliphatic carboxylic acids is 2. The molecule has 0 radical (unpaired) electrons. The van der Waals surface area contributed by atoms with Crippen LogP contribution in [0, 0.1) is 102 Å². The molecular formula is C117H165ClN4O26S2. The van der Waals surface area contributed by atoms with Crippen LogP contribution in [-0.4, -0.2) is 171 Å². The Morgan fingerprint density at radius 2 is 0.560 bits per heavy atom. The molecule has 8 spiro atoms. The van der Waals surface area contributed by atoms with E-state index >= 15 is 0 Å². The van der Waals surface area contributed by atoms with Crippen molar-refractivity contribution in [3.8, 4) is 23.0 Å². The van der Waals surface area contributed by atoms with Gasteiger partial charge in [0.2, 0.25) is 46.3 Å². The van der Waals surface area contributed by atoms with Crippen LogP contribution in [-0.2, 0) is 87.9 Å². The van der Waals surface area contributed by atoms with Crippen molar-refractivity contribution in [3.63, 3.8) is 0 Å². The Hall–Kier alpha value is -6.55. The van der Waals surface area contributed by atoms with Gasteiger partial charge in [-0.2, -0.15) is 55.9 Å². The number of nitrogens with two attached hydrogens (primary N) is 3. The van der Waals surface area contributed by atoms with E-state index in [-0.39, 0.29) is 17.3 Å². The van der Waals surface area contributed by atoms with Gasteiger partial charge in [-0.05, 0) is 412 Å². The highest BCUT2D eigenvalue weighted by molar-refractivity contribution is 7.85.